The molecule has 0 saturated heterocycles. The molecule has 0 radical (unpaired) electrons. The van der Waals surface area contributed by atoms with E-state index in [9.17, 15) is 22.4 Å². The Balaban J connectivity index is 1.47. The van der Waals surface area contributed by atoms with Gasteiger partial charge in [-0.1, -0.05) is 0 Å². The minimum atomic E-state index is -2.97. The monoisotopic (exact) mass is 347 g/mol. The number of halogens is 4. The highest BCUT2D eigenvalue weighted by Gasteiger charge is 2.56. The molecule has 132 valence electrons. The Labute approximate surface area is 135 Å². The van der Waals surface area contributed by atoms with E-state index < -0.39 is 24.5 Å². The molecule has 0 aliphatic heterocycles. The van der Waals surface area contributed by atoms with Crippen LogP contribution in [0.3, 0.4) is 0 Å². The third-order valence-corrected chi connectivity index (χ3v) is 4.61. The van der Waals surface area contributed by atoms with Crippen molar-refractivity contribution in [2.45, 2.75) is 44.4 Å². The van der Waals surface area contributed by atoms with Crippen LogP contribution in [0.2, 0.25) is 0 Å². The summed E-state index contributed by atoms with van der Waals surface area (Å²) in [5, 5.41) is 5.29. The van der Waals surface area contributed by atoms with Crippen LogP contribution < -0.4 is 15.4 Å². The third kappa shape index (κ3) is 3.70. The second-order valence-electron chi connectivity index (χ2n) is 6.21. The number of alkyl halides is 4. The van der Waals surface area contributed by atoms with Crippen LogP contribution in [-0.2, 0) is 6.54 Å². The van der Waals surface area contributed by atoms with Crippen LogP contribution in [0.4, 0.5) is 22.4 Å². The minimum Gasteiger partial charge on any atom is -0.417 e. The first-order valence-electron chi connectivity index (χ1n) is 7.65. The van der Waals surface area contributed by atoms with Crippen LogP contribution in [0.25, 0.3) is 0 Å². The van der Waals surface area contributed by atoms with E-state index in [1.807, 2.05) is 0 Å². The number of ether oxygens (including phenoxy) is 1. The average Bonchev–Trinajstić information content (AvgIpc) is 3.00. The van der Waals surface area contributed by atoms with Crippen LogP contribution in [0.5, 0.6) is 5.88 Å². The van der Waals surface area contributed by atoms with Crippen molar-refractivity contribution >= 4 is 6.03 Å². The molecule has 0 aromatic carbocycles. The fourth-order valence-corrected chi connectivity index (χ4v) is 3.51. The fourth-order valence-electron chi connectivity index (χ4n) is 3.51. The van der Waals surface area contributed by atoms with E-state index in [0.717, 1.165) is 0 Å². The van der Waals surface area contributed by atoms with E-state index in [4.69, 9.17) is 0 Å². The summed E-state index contributed by atoms with van der Waals surface area (Å²) < 4.78 is 55.3. The van der Waals surface area contributed by atoms with Gasteiger partial charge in [-0.05, 0) is 30.4 Å². The quantitative estimate of drug-likeness (QED) is 0.805. The molecule has 3 atom stereocenters. The van der Waals surface area contributed by atoms with Gasteiger partial charge in [0.25, 0.3) is 5.92 Å². The standard InChI is InChI=1S/C15H17F4N3O2/c16-13(17)24-12-3-8(1-2-20-12)7-21-14(23)22-11-5-10-4-9(11)6-15(10,18)19/h1-3,9-11,13H,4-7H2,(H2,21,22,23)/t9?,10-,11?/m1/s1. The van der Waals surface area contributed by atoms with E-state index in [1.165, 1.54) is 12.3 Å². The molecule has 0 spiro atoms. The molecule has 1 aromatic rings. The van der Waals surface area contributed by atoms with Gasteiger partial charge in [0.05, 0.1) is 0 Å². The Kier molecular flexibility index (Phi) is 4.51. The van der Waals surface area contributed by atoms with Crippen molar-refractivity contribution in [3.8, 4) is 5.88 Å². The fraction of sp³-hybridized carbons (Fsp3) is 0.600. The predicted octanol–water partition coefficient (Wildman–Crippen LogP) is 2.92. The number of nitrogens with zero attached hydrogens (tertiary/aromatic N) is 1. The summed E-state index contributed by atoms with van der Waals surface area (Å²) >= 11 is 0. The van der Waals surface area contributed by atoms with Crippen molar-refractivity contribution < 1.29 is 27.1 Å². The molecule has 2 fully saturated rings. The number of hydrogen-bond acceptors (Lipinski definition) is 3. The lowest BCUT2D eigenvalue weighted by molar-refractivity contribution is -0.0559. The van der Waals surface area contributed by atoms with E-state index >= 15 is 0 Å². The van der Waals surface area contributed by atoms with Crippen molar-refractivity contribution in [1.82, 2.24) is 15.6 Å². The van der Waals surface area contributed by atoms with Gasteiger partial charge in [-0.15, -0.1) is 0 Å². The number of nitrogens with one attached hydrogen (secondary N) is 2. The lowest BCUT2D eigenvalue weighted by Crippen LogP contribution is -2.46. The molecule has 2 bridgehead atoms. The lowest BCUT2D eigenvalue weighted by Gasteiger charge is -2.28. The van der Waals surface area contributed by atoms with Gasteiger partial charge in [-0.3, -0.25) is 0 Å². The molecule has 5 nitrogen and oxygen atoms in total. The first-order chi connectivity index (χ1) is 11.3. The zero-order chi connectivity index (χ0) is 17.3. The molecule has 2 unspecified atom stereocenters. The number of urea groups is 1. The molecule has 24 heavy (non-hydrogen) atoms. The van der Waals surface area contributed by atoms with Crippen molar-refractivity contribution in [1.29, 1.82) is 0 Å². The Morgan fingerprint density at radius 2 is 2.21 bits per heavy atom. The van der Waals surface area contributed by atoms with Gasteiger partial charge in [0.2, 0.25) is 5.88 Å². The SMILES string of the molecule is O=C(NCc1ccnc(OC(F)F)c1)NC1C[C@H]2CC1CC2(F)F. The normalized spacial score (nSPS) is 27.3. The number of carbonyl (C=O) groups excluding carboxylic acids is 1. The Hall–Kier alpha value is -2.06. The molecule has 2 aliphatic carbocycles. The molecule has 9 heteroatoms. The maximum atomic E-state index is 13.4. The maximum absolute atomic E-state index is 13.4. The van der Waals surface area contributed by atoms with Gasteiger partial charge in [-0.25, -0.2) is 18.6 Å². The van der Waals surface area contributed by atoms with Crippen molar-refractivity contribution in [3.05, 3.63) is 23.9 Å². The highest BCUT2D eigenvalue weighted by molar-refractivity contribution is 5.74. The summed E-state index contributed by atoms with van der Waals surface area (Å²) in [7, 11) is 0. The predicted molar refractivity (Wildman–Crippen MR) is 75.8 cm³/mol. The summed E-state index contributed by atoms with van der Waals surface area (Å²) in [6, 6.07) is 2.13. The van der Waals surface area contributed by atoms with E-state index in [2.05, 4.69) is 20.4 Å². The van der Waals surface area contributed by atoms with Crippen molar-refractivity contribution in [2.24, 2.45) is 11.8 Å². The van der Waals surface area contributed by atoms with Gasteiger partial charge in [0, 0.05) is 37.2 Å². The molecule has 3 rings (SSSR count). The number of hydrogen-bond donors (Lipinski definition) is 2. The summed E-state index contributed by atoms with van der Waals surface area (Å²) in [6.45, 7) is -2.88. The summed E-state index contributed by atoms with van der Waals surface area (Å²) in [4.78, 5) is 15.5. The first-order valence-corrected chi connectivity index (χ1v) is 7.65. The second-order valence-corrected chi connectivity index (χ2v) is 6.21. The molecule has 2 aliphatic rings. The van der Waals surface area contributed by atoms with Gasteiger partial charge < -0.3 is 15.4 Å². The van der Waals surface area contributed by atoms with Crippen LogP contribution in [0.1, 0.15) is 24.8 Å². The van der Waals surface area contributed by atoms with Crippen LogP contribution in [0, 0.1) is 11.8 Å². The summed E-state index contributed by atoms with van der Waals surface area (Å²) in [5.74, 6) is -3.69. The third-order valence-electron chi connectivity index (χ3n) is 4.61. The molecular weight excluding hydrogens is 330 g/mol. The first kappa shape index (κ1) is 16.8. The molecule has 2 amide bonds. The molecule has 1 heterocycles. The van der Waals surface area contributed by atoms with E-state index in [0.29, 0.717) is 12.0 Å². The highest BCUT2D eigenvalue weighted by Crippen LogP contribution is 2.53. The number of carbonyl (C=O) groups is 1. The average molecular weight is 347 g/mol. The van der Waals surface area contributed by atoms with Gasteiger partial charge in [0.1, 0.15) is 0 Å². The molecule has 2 saturated carbocycles. The smallest absolute Gasteiger partial charge is 0.388 e. The summed E-state index contributed by atoms with van der Waals surface area (Å²) in [6.07, 6.45) is 1.84. The Bertz CT molecular complexity index is 614. The number of aromatic nitrogens is 1. The summed E-state index contributed by atoms with van der Waals surface area (Å²) in [5.41, 5.74) is 0.537. The number of amides is 2. The van der Waals surface area contributed by atoms with Gasteiger partial charge in [0.15, 0.2) is 0 Å². The zero-order valence-corrected chi connectivity index (χ0v) is 12.6. The van der Waals surface area contributed by atoms with Crippen molar-refractivity contribution in [2.75, 3.05) is 0 Å². The van der Waals surface area contributed by atoms with Gasteiger partial charge in [-0.2, -0.15) is 8.78 Å². The minimum absolute atomic E-state index is 0.0882. The Morgan fingerprint density at radius 1 is 1.42 bits per heavy atom. The molecule has 2 N–H and O–H groups in total. The molecule has 1 aromatic heterocycles. The van der Waals surface area contributed by atoms with Crippen LogP contribution in [0.15, 0.2) is 18.3 Å². The van der Waals surface area contributed by atoms with Gasteiger partial charge >= 0.3 is 12.6 Å². The van der Waals surface area contributed by atoms with Crippen LogP contribution in [-0.4, -0.2) is 29.6 Å². The number of rotatable bonds is 5. The van der Waals surface area contributed by atoms with Crippen molar-refractivity contribution in [3.63, 3.8) is 0 Å². The highest BCUT2D eigenvalue weighted by atomic mass is 19.3. The maximum Gasteiger partial charge on any atom is 0.388 e. The lowest BCUT2D eigenvalue weighted by atomic mass is 9.92. The molecular formula is C15H17F4N3O2. The van der Waals surface area contributed by atoms with Crippen LogP contribution >= 0.6 is 0 Å². The Morgan fingerprint density at radius 3 is 2.83 bits per heavy atom. The number of pyridine rings is 1. The number of fused-ring (bicyclic) bond motifs is 2. The zero-order valence-electron chi connectivity index (χ0n) is 12.6. The van der Waals surface area contributed by atoms with E-state index in [1.54, 1.807) is 6.07 Å². The van der Waals surface area contributed by atoms with E-state index in [-0.39, 0.29) is 37.2 Å². The topological polar surface area (TPSA) is 63.2 Å². The second kappa shape index (κ2) is 6.45. The largest absolute Gasteiger partial charge is 0.417 e.